The van der Waals surface area contributed by atoms with E-state index in [1.54, 1.807) is 0 Å². The molecule has 1 aliphatic heterocycles. The van der Waals surface area contributed by atoms with Gasteiger partial charge in [-0.1, -0.05) is 0 Å². The highest BCUT2D eigenvalue weighted by Crippen LogP contribution is 2.40. The number of hydrogen-bond acceptors (Lipinski definition) is 7. The second-order valence-corrected chi connectivity index (χ2v) is 4.07. The summed E-state index contributed by atoms with van der Waals surface area (Å²) in [7, 11) is -4.92. The molecule has 10 heteroatoms. The van der Waals surface area contributed by atoms with Gasteiger partial charge >= 0.3 is 13.8 Å². The second kappa shape index (κ2) is 4.40. The maximum atomic E-state index is 10.8. The molecule has 0 amide bonds. The first-order valence-electron chi connectivity index (χ1n) is 3.94. The lowest BCUT2D eigenvalue weighted by atomic mass is 10.2. The van der Waals surface area contributed by atoms with Gasteiger partial charge in [0.05, 0.1) is 6.61 Å². The van der Waals surface area contributed by atoms with E-state index in [9.17, 15) is 9.36 Å². The fraction of sp³-hybridized carbons (Fsp3) is 0.500. The minimum atomic E-state index is -4.92. The number of phosphoric acid groups is 1. The maximum Gasteiger partial charge on any atom is 0.470 e. The van der Waals surface area contributed by atoms with Gasteiger partial charge in [-0.15, -0.1) is 0 Å². The Bertz CT molecular complexity index is 368. The number of esters is 1. The number of rotatable bonds is 4. The molecular formula is C6H9O9P. The molecule has 0 fully saturated rings. The number of aliphatic hydroxyl groups excluding tert-OH is 3. The van der Waals surface area contributed by atoms with E-state index in [1.165, 1.54) is 0 Å². The molecule has 0 aliphatic carbocycles. The van der Waals surface area contributed by atoms with Gasteiger partial charge in [-0.25, -0.2) is 9.36 Å². The Morgan fingerprint density at radius 3 is 2.31 bits per heavy atom. The van der Waals surface area contributed by atoms with Crippen molar-refractivity contribution in [2.24, 2.45) is 0 Å². The van der Waals surface area contributed by atoms with E-state index in [1.807, 2.05) is 0 Å². The molecule has 0 bridgehead atoms. The van der Waals surface area contributed by atoms with Gasteiger partial charge in [0.25, 0.3) is 0 Å². The number of cyclic esters (lactones) is 1. The third-order valence-corrected chi connectivity index (χ3v) is 2.28. The number of phosphoric ester groups is 1. The van der Waals surface area contributed by atoms with Gasteiger partial charge in [0, 0.05) is 0 Å². The molecule has 0 aromatic heterocycles. The molecule has 1 rings (SSSR count). The van der Waals surface area contributed by atoms with E-state index in [0.29, 0.717) is 0 Å². The largest absolute Gasteiger partial charge is 0.505 e. The molecule has 5 N–H and O–H groups in total. The molecular weight excluding hydrogens is 247 g/mol. The zero-order chi connectivity index (χ0) is 12.5. The molecule has 1 aliphatic rings. The van der Waals surface area contributed by atoms with Crippen molar-refractivity contribution in [2.45, 2.75) is 12.2 Å². The summed E-state index contributed by atoms with van der Waals surface area (Å²) >= 11 is 0. The Morgan fingerprint density at radius 2 is 2.00 bits per heavy atom. The highest BCUT2D eigenvalue weighted by molar-refractivity contribution is 7.46. The van der Waals surface area contributed by atoms with Gasteiger partial charge in [-0.3, -0.25) is 4.52 Å². The van der Waals surface area contributed by atoms with Gasteiger partial charge in [0.15, 0.2) is 11.9 Å². The summed E-state index contributed by atoms with van der Waals surface area (Å²) < 4.78 is 18.9. The van der Waals surface area contributed by atoms with Crippen LogP contribution in [-0.4, -0.2) is 49.9 Å². The van der Waals surface area contributed by atoms with Gasteiger partial charge in [-0.2, -0.15) is 0 Å². The number of ether oxygens (including phenoxy) is 1. The van der Waals surface area contributed by atoms with E-state index in [-0.39, 0.29) is 0 Å². The monoisotopic (exact) mass is 256 g/mol. The van der Waals surface area contributed by atoms with Crippen LogP contribution in [-0.2, 0) is 18.6 Å². The van der Waals surface area contributed by atoms with Gasteiger partial charge in [0.1, 0.15) is 6.10 Å². The highest BCUT2D eigenvalue weighted by atomic mass is 31.2. The predicted octanol–water partition coefficient (Wildman–Crippen LogP) is -1.29. The quantitative estimate of drug-likeness (QED) is 0.305. The number of carbonyl (C=O) groups excluding carboxylic acids is 1. The van der Waals surface area contributed by atoms with E-state index in [4.69, 9.17) is 25.1 Å². The average Bonchev–Trinajstić information content (AvgIpc) is 2.41. The number of aliphatic hydroxyl groups is 3. The summed E-state index contributed by atoms with van der Waals surface area (Å²) in [5.74, 6) is -3.30. The maximum absolute atomic E-state index is 10.8. The summed E-state index contributed by atoms with van der Waals surface area (Å²) in [5, 5.41) is 26.8. The summed E-state index contributed by atoms with van der Waals surface area (Å²) in [5.41, 5.74) is 0. The first kappa shape index (κ1) is 12.9. The highest BCUT2D eigenvalue weighted by Gasteiger charge is 2.42. The topological polar surface area (TPSA) is 154 Å². The molecule has 16 heavy (non-hydrogen) atoms. The van der Waals surface area contributed by atoms with E-state index in [2.05, 4.69) is 9.26 Å². The Balaban J connectivity index is 2.85. The van der Waals surface area contributed by atoms with Crippen molar-refractivity contribution < 1.29 is 43.7 Å². The second-order valence-electron chi connectivity index (χ2n) is 2.88. The predicted molar refractivity (Wildman–Crippen MR) is 46.2 cm³/mol. The molecule has 1 heterocycles. The lowest BCUT2D eigenvalue weighted by Crippen LogP contribution is -2.33. The fourth-order valence-electron chi connectivity index (χ4n) is 1.08. The van der Waals surface area contributed by atoms with Gasteiger partial charge < -0.3 is 29.8 Å². The zero-order valence-electron chi connectivity index (χ0n) is 7.68. The van der Waals surface area contributed by atoms with Crippen molar-refractivity contribution in [2.75, 3.05) is 6.61 Å². The van der Waals surface area contributed by atoms with Crippen molar-refractivity contribution in [1.82, 2.24) is 0 Å². The van der Waals surface area contributed by atoms with Gasteiger partial charge in [-0.05, 0) is 0 Å². The smallest absolute Gasteiger partial charge is 0.470 e. The Morgan fingerprint density at radius 1 is 1.44 bits per heavy atom. The van der Waals surface area contributed by atoms with Crippen molar-refractivity contribution in [1.29, 1.82) is 0 Å². The summed E-state index contributed by atoms with van der Waals surface area (Å²) in [6.07, 6.45) is -3.32. The number of hydrogen-bond donors (Lipinski definition) is 5. The van der Waals surface area contributed by atoms with Crippen LogP contribution in [0.3, 0.4) is 0 Å². The third kappa shape index (κ3) is 2.71. The SMILES string of the molecule is O=C1O[C@H]([C@H](CO)OP(=O)(O)O)C(O)=C1O. The van der Waals surface area contributed by atoms with Crippen LogP contribution in [0, 0.1) is 0 Å². The summed E-state index contributed by atoms with van der Waals surface area (Å²) in [4.78, 5) is 27.7. The molecule has 2 atom stereocenters. The summed E-state index contributed by atoms with van der Waals surface area (Å²) in [6, 6.07) is 0. The van der Waals surface area contributed by atoms with Crippen molar-refractivity contribution >= 4 is 13.8 Å². The zero-order valence-corrected chi connectivity index (χ0v) is 8.57. The molecule has 9 nitrogen and oxygen atoms in total. The van der Waals surface area contributed by atoms with Crippen LogP contribution in [0.5, 0.6) is 0 Å². The normalized spacial score (nSPS) is 23.4. The lowest BCUT2D eigenvalue weighted by Gasteiger charge is -2.20. The number of carbonyl (C=O) groups is 1. The van der Waals surface area contributed by atoms with E-state index < -0.39 is 44.1 Å². The Labute approximate surface area is 88.8 Å². The Kier molecular flexibility index (Phi) is 3.56. The van der Waals surface area contributed by atoms with Crippen LogP contribution in [0.4, 0.5) is 0 Å². The fourth-order valence-corrected chi connectivity index (χ4v) is 1.61. The van der Waals surface area contributed by atoms with Crippen molar-refractivity contribution in [3.63, 3.8) is 0 Å². The minimum Gasteiger partial charge on any atom is -0.505 e. The van der Waals surface area contributed by atoms with Crippen molar-refractivity contribution in [3.8, 4) is 0 Å². The molecule has 0 aromatic rings. The first-order valence-corrected chi connectivity index (χ1v) is 5.47. The molecule has 0 radical (unpaired) electrons. The van der Waals surface area contributed by atoms with Crippen LogP contribution in [0.2, 0.25) is 0 Å². The van der Waals surface area contributed by atoms with E-state index in [0.717, 1.165) is 0 Å². The van der Waals surface area contributed by atoms with Crippen LogP contribution in [0.25, 0.3) is 0 Å². The first-order chi connectivity index (χ1) is 7.26. The van der Waals surface area contributed by atoms with Crippen molar-refractivity contribution in [3.05, 3.63) is 11.5 Å². The third-order valence-electron chi connectivity index (χ3n) is 1.73. The van der Waals surface area contributed by atoms with Crippen LogP contribution in [0.1, 0.15) is 0 Å². The molecule has 0 saturated carbocycles. The van der Waals surface area contributed by atoms with Crippen LogP contribution < -0.4 is 0 Å². The molecule has 0 saturated heterocycles. The summed E-state index contributed by atoms with van der Waals surface area (Å²) in [6.45, 7) is -0.930. The van der Waals surface area contributed by atoms with E-state index >= 15 is 0 Å². The Hall–Kier alpha value is -1.12. The molecule has 0 spiro atoms. The average molecular weight is 256 g/mol. The molecule has 0 aromatic carbocycles. The van der Waals surface area contributed by atoms with Gasteiger partial charge in [0.2, 0.25) is 5.76 Å². The standard InChI is InChI=1S/C6H9O9P/c7-1-2(15-16(11,12)13)5-3(8)4(9)6(10)14-5/h2,5,7-9H,1H2,(H2,11,12,13)/t2-,5+/m0/s1. The lowest BCUT2D eigenvalue weighted by molar-refractivity contribution is -0.147. The van der Waals surface area contributed by atoms with Crippen LogP contribution >= 0.6 is 7.82 Å². The molecule has 0 unspecified atom stereocenters. The molecule has 92 valence electrons. The minimum absolute atomic E-state index is 0.930. The van der Waals surface area contributed by atoms with Crippen LogP contribution in [0.15, 0.2) is 11.5 Å².